The molecule has 4 rings (SSSR count). The van der Waals surface area contributed by atoms with Gasteiger partial charge in [-0.2, -0.15) is 0 Å². The average molecular weight is 527 g/mol. The number of benzene rings is 1. The molecule has 1 aromatic carbocycles. The number of halogens is 1. The quantitative estimate of drug-likeness (QED) is 0.309. The number of likely N-dealkylation sites (tertiary alicyclic amines) is 1. The second-order valence-electron chi connectivity index (χ2n) is 11.3. The number of nitrogens with zero attached hydrogens (tertiary/aromatic N) is 2. The molecule has 2 heterocycles. The zero-order chi connectivity index (χ0) is 26.2. The lowest BCUT2D eigenvalue weighted by Gasteiger charge is -2.36. The summed E-state index contributed by atoms with van der Waals surface area (Å²) in [6.07, 6.45) is 8.60. The molecule has 2 fully saturated rings. The zero-order valence-corrected chi connectivity index (χ0v) is 23.4. The van der Waals surface area contributed by atoms with Gasteiger partial charge in [-0.25, -0.2) is 0 Å². The largest absolute Gasteiger partial charge is 0.462 e. The maximum Gasteiger partial charge on any atom is 0.306 e. The maximum atomic E-state index is 12.6. The smallest absolute Gasteiger partial charge is 0.306 e. The molecule has 0 N–H and O–H groups in total. The van der Waals surface area contributed by atoms with E-state index in [1.165, 1.54) is 12.8 Å². The van der Waals surface area contributed by atoms with Gasteiger partial charge in [0.2, 0.25) is 0 Å². The molecule has 0 radical (unpaired) electrons. The van der Waals surface area contributed by atoms with Crippen molar-refractivity contribution in [2.75, 3.05) is 19.6 Å². The number of carbonyl (C=O) groups excluding carboxylic acids is 1. The van der Waals surface area contributed by atoms with Crippen molar-refractivity contribution < 1.29 is 14.3 Å². The van der Waals surface area contributed by atoms with E-state index in [0.29, 0.717) is 29.2 Å². The van der Waals surface area contributed by atoms with Crippen molar-refractivity contribution in [3.8, 4) is 0 Å². The molecule has 37 heavy (non-hydrogen) atoms. The number of ether oxygens (including phenoxy) is 2. The summed E-state index contributed by atoms with van der Waals surface area (Å²) in [5.41, 5.74) is 1.98. The molecule has 5 nitrogen and oxygen atoms in total. The fourth-order valence-corrected chi connectivity index (χ4v) is 6.00. The van der Waals surface area contributed by atoms with Crippen LogP contribution in [0.3, 0.4) is 0 Å². The number of esters is 1. The Kier molecular flexibility index (Phi) is 10.4. The van der Waals surface area contributed by atoms with Crippen molar-refractivity contribution >= 4 is 17.6 Å². The molecule has 1 aromatic heterocycles. The van der Waals surface area contributed by atoms with Gasteiger partial charge in [0.15, 0.2) is 0 Å². The second kappa shape index (κ2) is 13.7. The third kappa shape index (κ3) is 8.27. The van der Waals surface area contributed by atoms with Crippen LogP contribution in [-0.4, -0.2) is 47.7 Å². The van der Waals surface area contributed by atoms with E-state index in [1.807, 2.05) is 48.7 Å². The Bertz CT molecular complexity index is 960. The summed E-state index contributed by atoms with van der Waals surface area (Å²) in [7, 11) is 0. The van der Waals surface area contributed by atoms with Gasteiger partial charge in [0.25, 0.3) is 0 Å². The molecule has 0 bridgehead atoms. The first-order valence-corrected chi connectivity index (χ1v) is 14.5. The van der Waals surface area contributed by atoms with Gasteiger partial charge in [0.05, 0.1) is 11.8 Å². The van der Waals surface area contributed by atoms with E-state index in [2.05, 4.69) is 30.7 Å². The lowest BCUT2D eigenvalue weighted by molar-refractivity contribution is -0.156. The molecule has 6 heteroatoms. The highest BCUT2D eigenvalue weighted by molar-refractivity contribution is 6.30. The summed E-state index contributed by atoms with van der Waals surface area (Å²) < 4.78 is 12.6. The predicted octanol–water partition coefficient (Wildman–Crippen LogP) is 7.09. The van der Waals surface area contributed by atoms with Gasteiger partial charge < -0.3 is 14.4 Å². The first-order chi connectivity index (χ1) is 17.9. The molecule has 0 spiro atoms. The van der Waals surface area contributed by atoms with Gasteiger partial charge >= 0.3 is 5.97 Å². The lowest BCUT2D eigenvalue weighted by Crippen LogP contribution is -2.38. The molecule has 1 aliphatic heterocycles. The van der Waals surface area contributed by atoms with Gasteiger partial charge in [-0.05, 0) is 86.2 Å². The molecule has 2 aromatic rings. The molecular weight excluding hydrogens is 484 g/mol. The van der Waals surface area contributed by atoms with Crippen LogP contribution < -0.4 is 0 Å². The number of carbonyl (C=O) groups is 1. The molecule has 1 saturated heterocycles. The van der Waals surface area contributed by atoms with Crippen LogP contribution in [0, 0.1) is 17.8 Å². The van der Waals surface area contributed by atoms with Gasteiger partial charge in [0.1, 0.15) is 12.2 Å². The zero-order valence-electron chi connectivity index (χ0n) is 22.7. The van der Waals surface area contributed by atoms with Crippen LogP contribution in [-0.2, 0) is 14.3 Å². The van der Waals surface area contributed by atoms with E-state index in [1.54, 1.807) is 0 Å². The van der Waals surface area contributed by atoms with Crippen LogP contribution in [0.2, 0.25) is 5.02 Å². The SMILES string of the molecule is CC(C)[C@@H]1CC[C@@H](C)C[C@H]1OC(=O)CCCN1CCC(O[C@@H](c2ccc(Cl)cc2)c2ccccn2)CC1. The van der Waals surface area contributed by atoms with E-state index in [0.717, 1.165) is 56.6 Å². The molecule has 1 aliphatic carbocycles. The van der Waals surface area contributed by atoms with Crippen molar-refractivity contribution in [2.45, 2.75) is 84.0 Å². The van der Waals surface area contributed by atoms with Gasteiger partial charge in [-0.1, -0.05) is 57.0 Å². The minimum atomic E-state index is -0.207. The van der Waals surface area contributed by atoms with Gasteiger partial charge in [-0.3, -0.25) is 9.78 Å². The van der Waals surface area contributed by atoms with Crippen molar-refractivity contribution in [1.29, 1.82) is 0 Å². The first-order valence-electron chi connectivity index (χ1n) is 14.1. The van der Waals surface area contributed by atoms with Gasteiger partial charge in [-0.15, -0.1) is 0 Å². The van der Waals surface area contributed by atoms with E-state index >= 15 is 0 Å². The fraction of sp³-hybridized carbons (Fsp3) is 0.613. The third-order valence-corrected chi connectivity index (χ3v) is 8.34. The highest BCUT2D eigenvalue weighted by atomic mass is 35.5. The van der Waals surface area contributed by atoms with Crippen LogP contribution in [0.25, 0.3) is 0 Å². The normalized spacial score (nSPS) is 24.2. The third-order valence-electron chi connectivity index (χ3n) is 8.09. The summed E-state index contributed by atoms with van der Waals surface area (Å²) in [4.78, 5) is 19.6. The summed E-state index contributed by atoms with van der Waals surface area (Å²) >= 11 is 6.11. The van der Waals surface area contributed by atoms with Crippen LogP contribution in [0.4, 0.5) is 0 Å². The Hall–Kier alpha value is -1.95. The number of aromatic nitrogens is 1. The first kappa shape index (κ1) is 28.1. The van der Waals surface area contributed by atoms with Crippen molar-refractivity contribution in [2.24, 2.45) is 17.8 Å². The topological polar surface area (TPSA) is 51.7 Å². The highest BCUT2D eigenvalue weighted by Gasteiger charge is 2.33. The molecule has 0 amide bonds. The number of piperidine rings is 1. The van der Waals surface area contributed by atoms with E-state index < -0.39 is 0 Å². The minimum Gasteiger partial charge on any atom is -0.462 e. The number of rotatable bonds is 10. The Morgan fingerprint density at radius 1 is 1.08 bits per heavy atom. The monoisotopic (exact) mass is 526 g/mol. The lowest BCUT2D eigenvalue weighted by atomic mass is 9.75. The summed E-state index contributed by atoms with van der Waals surface area (Å²) in [6.45, 7) is 9.66. The predicted molar refractivity (Wildman–Crippen MR) is 149 cm³/mol. The van der Waals surface area contributed by atoms with Gasteiger partial charge in [0, 0.05) is 30.7 Å². The maximum absolute atomic E-state index is 12.6. The molecule has 202 valence electrons. The highest BCUT2D eigenvalue weighted by Crippen LogP contribution is 2.35. The molecule has 2 aliphatic rings. The number of hydrogen-bond acceptors (Lipinski definition) is 5. The van der Waals surface area contributed by atoms with Crippen molar-refractivity contribution in [3.63, 3.8) is 0 Å². The Morgan fingerprint density at radius 3 is 2.51 bits per heavy atom. The van der Waals surface area contributed by atoms with Crippen LogP contribution >= 0.6 is 11.6 Å². The van der Waals surface area contributed by atoms with E-state index in [-0.39, 0.29) is 24.3 Å². The standard InChI is InChI=1S/C31H43ClN2O3/c1-22(2)27-14-9-23(3)21-29(27)37-30(35)8-6-18-34-19-15-26(16-20-34)36-31(28-7-4-5-17-33-28)24-10-12-25(32)13-11-24/h4-5,7,10-13,17,22-23,26-27,29,31H,6,8-9,14-16,18-21H2,1-3H3/t23-,27+,29-,31+/m1/s1. The second-order valence-corrected chi connectivity index (χ2v) is 11.8. The molecule has 1 saturated carbocycles. The summed E-state index contributed by atoms with van der Waals surface area (Å²) in [5.74, 6) is 1.69. The van der Waals surface area contributed by atoms with E-state index in [9.17, 15) is 4.79 Å². The van der Waals surface area contributed by atoms with Crippen molar-refractivity contribution in [1.82, 2.24) is 9.88 Å². The van der Waals surface area contributed by atoms with E-state index in [4.69, 9.17) is 21.1 Å². The average Bonchev–Trinajstić information content (AvgIpc) is 2.89. The summed E-state index contributed by atoms with van der Waals surface area (Å²) in [5, 5.41) is 0.716. The molecule has 4 atom stereocenters. The van der Waals surface area contributed by atoms with Crippen LogP contribution in [0.15, 0.2) is 48.7 Å². The van der Waals surface area contributed by atoms with Crippen LogP contribution in [0.5, 0.6) is 0 Å². The number of pyridine rings is 1. The Morgan fingerprint density at radius 2 is 1.84 bits per heavy atom. The molecule has 0 unspecified atom stereocenters. The summed E-state index contributed by atoms with van der Waals surface area (Å²) in [6, 6.07) is 13.8. The Labute approximate surface area is 227 Å². The fourth-order valence-electron chi connectivity index (χ4n) is 5.87. The number of hydrogen-bond donors (Lipinski definition) is 0. The minimum absolute atomic E-state index is 0.0239. The van der Waals surface area contributed by atoms with Crippen LogP contribution in [0.1, 0.15) is 83.1 Å². The molecular formula is C31H43ClN2O3. The van der Waals surface area contributed by atoms with Crippen molar-refractivity contribution in [3.05, 3.63) is 64.9 Å². The Balaban J connectivity index is 1.21.